The molecule has 1 heterocycles. The molecule has 0 aromatic heterocycles. The van der Waals surface area contributed by atoms with Crippen molar-refractivity contribution in [2.45, 2.75) is 31.2 Å². The van der Waals surface area contributed by atoms with E-state index in [1.54, 1.807) is 30.3 Å². The molecule has 3 rings (SSSR count). The smallest absolute Gasteiger partial charge is 0.362 e. The summed E-state index contributed by atoms with van der Waals surface area (Å²) in [7, 11) is 0. The molecule has 4 nitrogen and oxygen atoms in total. The number of aliphatic hydroxyl groups is 1. The van der Waals surface area contributed by atoms with Gasteiger partial charge < -0.3 is 5.11 Å². The van der Waals surface area contributed by atoms with Crippen molar-refractivity contribution in [2.75, 3.05) is 0 Å². The first-order chi connectivity index (χ1) is 9.83. The number of amides is 1. The molecular formula is C14H13F3N2O2. The summed E-state index contributed by atoms with van der Waals surface area (Å²) in [6.07, 6.45) is -4.63. The minimum Gasteiger partial charge on any atom is -0.362 e. The summed E-state index contributed by atoms with van der Waals surface area (Å²) < 4.78 is 39.6. The Kier molecular flexibility index (Phi) is 3.05. The van der Waals surface area contributed by atoms with Crippen LogP contribution < -0.4 is 0 Å². The Morgan fingerprint density at radius 2 is 1.90 bits per heavy atom. The topological polar surface area (TPSA) is 52.9 Å². The molecular weight excluding hydrogens is 285 g/mol. The molecule has 0 bridgehead atoms. The second kappa shape index (κ2) is 4.56. The van der Waals surface area contributed by atoms with Crippen molar-refractivity contribution in [2.24, 2.45) is 11.0 Å². The second-order valence-electron chi connectivity index (χ2n) is 5.33. The number of halogens is 3. The van der Waals surface area contributed by atoms with Crippen LogP contribution in [0.5, 0.6) is 0 Å². The largest absolute Gasteiger partial charge is 0.438 e. The lowest BCUT2D eigenvalue weighted by molar-refractivity contribution is -0.302. The molecule has 1 aromatic carbocycles. The zero-order valence-corrected chi connectivity index (χ0v) is 11.0. The van der Waals surface area contributed by atoms with Crippen LogP contribution in [0.1, 0.15) is 24.8 Å². The van der Waals surface area contributed by atoms with E-state index in [9.17, 15) is 23.1 Å². The molecule has 0 radical (unpaired) electrons. The highest BCUT2D eigenvalue weighted by Crippen LogP contribution is 2.44. The first kappa shape index (κ1) is 14.1. The maximum atomic E-state index is 13.2. The first-order valence-electron chi connectivity index (χ1n) is 6.59. The molecule has 1 N–H and O–H groups in total. The van der Waals surface area contributed by atoms with E-state index in [0.29, 0.717) is 18.4 Å². The number of nitrogens with zero attached hydrogens (tertiary/aromatic N) is 2. The lowest BCUT2D eigenvalue weighted by Crippen LogP contribution is -2.57. The van der Waals surface area contributed by atoms with Gasteiger partial charge in [0, 0.05) is 5.92 Å². The lowest BCUT2D eigenvalue weighted by atomic mass is 10.0. The highest BCUT2D eigenvalue weighted by atomic mass is 19.4. The van der Waals surface area contributed by atoms with E-state index in [2.05, 4.69) is 5.10 Å². The van der Waals surface area contributed by atoms with Crippen LogP contribution in [0.15, 0.2) is 35.4 Å². The van der Waals surface area contributed by atoms with Gasteiger partial charge in [-0.15, -0.1) is 0 Å². The summed E-state index contributed by atoms with van der Waals surface area (Å²) in [5, 5.41) is 14.0. The predicted octanol–water partition coefficient (Wildman–Crippen LogP) is 2.28. The monoisotopic (exact) mass is 298 g/mol. The Labute approximate surface area is 118 Å². The quantitative estimate of drug-likeness (QED) is 0.910. The lowest BCUT2D eigenvalue weighted by Gasteiger charge is -2.32. The summed E-state index contributed by atoms with van der Waals surface area (Å²) in [4.78, 5) is 12.0. The van der Waals surface area contributed by atoms with Crippen LogP contribution in [-0.4, -0.2) is 33.6 Å². The van der Waals surface area contributed by atoms with Crippen LogP contribution in [-0.2, 0) is 4.79 Å². The summed E-state index contributed by atoms with van der Waals surface area (Å²) in [5.74, 6) is -1.22. The van der Waals surface area contributed by atoms with Gasteiger partial charge in [-0.25, -0.2) is 0 Å². The summed E-state index contributed by atoms with van der Waals surface area (Å²) in [5.41, 5.74) is -2.73. The fraction of sp³-hybridized carbons (Fsp3) is 0.429. The molecule has 1 amide bonds. The van der Waals surface area contributed by atoms with Gasteiger partial charge in [-0.2, -0.15) is 23.3 Å². The fourth-order valence-corrected chi connectivity index (χ4v) is 2.29. The molecule has 1 aliphatic heterocycles. The van der Waals surface area contributed by atoms with Gasteiger partial charge in [0.25, 0.3) is 5.72 Å². The van der Waals surface area contributed by atoms with Crippen molar-refractivity contribution in [3.63, 3.8) is 0 Å². The summed E-state index contributed by atoms with van der Waals surface area (Å²) in [6.45, 7) is 0. The highest BCUT2D eigenvalue weighted by molar-refractivity contribution is 6.03. The van der Waals surface area contributed by atoms with Crippen LogP contribution in [0.2, 0.25) is 0 Å². The fourth-order valence-electron chi connectivity index (χ4n) is 2.29. The van der Waals surface area contributed by atoms with E-state index in [-0.39, 0.29) is 10.7 Å². The second-order valence-corrected chi connectivity index (χ2v) is 5.33. The number of hydrogen-bond donors (Lipinski definition) is 1. The molecule has 1 aliphatic carbocycles. The van der Waals surface area contributed by atoms with Crippen LogP contribution in [0, 0.1) is 5.92 Å². The molecule has 7 heteroatoms. The van der Waals surface area contributed by atoms with E-state index >= 15 is 0 Å². The molecule has 1 saturated carbocycles. The molecule has 0 spiro atoms. The number of carbonyl (C=O) groups is 1. The molecule has 1 fully saturated rings. The van der Waals surface area contributed by atoms with Crippen molar-refractivity contribution in [3.8, 4) is 0 Å². The normalized spacial score (nSPS) is 25.9. The van der Waals surface area contributed by atoms with E-state index < -0.39 is 30.1 Å². The van der Waals surface area contributed by atoms with E-state index in [4.69, 9.17) is 0 Å². The van der Waals surface area contributed by atoms with Gasteiger partial charge in [0.15, 0.2) is 0 Å². The molecule has 0 saturated heterocycles. The molecule has 2 aliphatic rings. The SMILES string of the molecule is O=C(C1CC1)N1N=C(c2ccccc2)C[C@@]1(O)C(F)(F)F. The zero-order chi connectivity index (χ0) is 15.3. The highest BCUT2D eigenvalue weighted by Gasteiger charge is 2.64. The van der Waals surface area contributed by atoms with Crippen LogP contribution in [0.3, 0.4) is 0 Å². The predicted molar refractivity (Wildman–Crippen MR) is 68.2 cm³/mol. The number of benzene rings is 1. The third-order valence-electron chi connectivity index (χ3n) is 3.68. The summed E-state index contributed by atoms with van der Waals surface area (Å²) in [6, 6.07) is 8.25. The Hall–Kier alpha value is -1.89. The molecule has 0 unspecified atom stereocenters. The third kappa shape index (κ3) is 2.31. The van der Waals surface area contributed by atoms with Crippen molar-refractivity contribution in [1.29, 1.82) is 0 Å². The van der Waals surface area contributed by atoms with Crippen molar-refractivity contribution in [1.82, 2.24) is 5.01 Å². The third-order valence-corrected chi connectivity index (χ3v) is 3.68. The maximum absolute atomic E-state index is 13.2. The van der Waals surface area contributed by atoms with Gasteiger partial charge in [0.2, 0.25) is 5.91 Å². The van der Waals surface area contributed by atoms with Crippen molar-refractivity contribution >= 4 is 11.6 Å². The zero-order valence-electron chi connectivity index (χ0n) is 11.0. The number of alkyl halides is 3. The van der Waals surface area contributed by atoms with Gasteiger partial charge in [-0.1, -0.05) is 30.3 Å². The van der Waals surface area contributed by atoms with Crippen molar-refractivity contribution in [3.05, 3.63) is 35.9 Å². The van der Waals surface area contributed by atoms with Crippen LogP contribution in [0.4, 0.5) is 13.2 Å². The Balaban J connectivity index is 1.98. The van der Waals surface area contributed by atoms with Gasteiger partial charge in [-0.3, -0.25) is 4.79 Å². The van der Waals surface area contributed by atoms with Gasteiger partial charge in [-0.05, 0) is 18.4 Å². The van der Waals surface area contributed by atoms with E-state index in [0.717, 1.165) is 0 Å². The van der Waals surface area contributed by atoms with Crippen LogP contribution in [0.25, 0.3) is 0 Å². The maximum Gasteiger partial charge on any atom is 0.438 e. The van der Waals surface area contributed by atoms with E-state index in [1.807, 2.05) is 0 Å². The average Bonchev–Trinajstić information content (AvgIpc) is 3.21. The molecule has 1 aromatic rings. The first-order valence-corrected chi connectivity index (χ1v) is 6.59. The number of hydrazone groups is 1. The number of hydrogen-bond acceptors (Lipinski definition) is 3. The molecule has 112 valence electrons. The minimum atomic E-state index is -4.96. The Bertz CT molecular complexity index is 596. The molecule has 21 heavy (non-hydrogen) atoms. The average molecular weight is 298 g/mol. The van der Waals surface area contributed by atoms with Gasteiger partial charge >= 0.3 is 6.18 Å². The van der Waals surface area contributed by atoms with E-state index in [1.165, 1.54) is 0 Å². The van der Waals surface area contributed by atoms with Gasteiger partial charge in [0.1, 0.15) is 0 Å². The number of rotatable bonds is 2. The van der Waals surface area contributed by atoms with Gasteiger partial charge in [0.05, 0.1) is 12.1 Å². The standard InChI is InChI=1S/C14H13F3N2O2/c15-14(16,17)13(21)8-11(9-4-2-1-3-5-9)18-19(13)12(20)10-6-7-10/h1-5,10,21H,6-8H2/t13-/m1/s1. The Morgan fingerprint density at radius 1 is 1.29 bits per heavy atom. The number of carbonyl (C=O) groups excluding carboxylic acids is 1. The minimum absolute atomic E-state index is 0.0597. The summed E-state index contributed by atoms with van der Waals surface area (Å²) >= 11 is 0. The van der Waals surface area contributed by atoms with Crippen molar-refractivity contribution < 1.29 is 23.1 Å². The molecule has 1 atom stereocenters. The van der Waals surface area contributed by atoms with Crippen LogP contribution >= 0.6 is 0 Å². The Morgan fingerprint density at radius 3 is 2.43 bits per heavy atom.